The third-order valence-electron chi connectivity index (χ3n) is 3.13. The van der Waals surface area contributed by atoms with Crippen LogP contribution in [0, 0.1) is 0 Å². The van der Waals surface area contributed by atoms with Gasteiger partial charge in [-0.1, -0.05) is 12.8 Å². The minimum Gasteiger partial charge on any atom is -0.480 e. The Hall–Kier alpha value is -0.810. The first-order chi connectivity index (χ1) is 7.50. The van der Waals surface area contributed by atoms with Gasteiger partial charge in [0.15, 0.2) is 0 Å². The molecular weight excluding hydrogens is 244 g/mol. The molecular formula is C11H21ClN2O3. The van der Waals surface area contributed by atoms with Gasteiger partial charge in [0.05, 0.1) is 6.54 Å². The number of carboxylic acid groups (broad SMARTS) is 1. The number of aliphatic carboxylic acids is 1. The molecule has 0 bridgehead atoms. The Bertz CT molecular complexity index is 267. The van der Waals surface area contributed by atoms with Crippen molar-refractivity contribution in [2.45, 2.75) is 44.7 Å². The molecule has 0 radical (unpaired) electrons. The summed E-state index contributed by atoms with van der Waals surface area (Å²) in [5.74, 6) is -0.987. The smallest absolute Gasteiger partial charge is 0.320 e. The topological polar surface area (TPSA) is 69.6 Å². The molecule has 1 fully saturated rings. The molecule has 0 aromatic rings. The summed E-state index contributed by atoms with van der Waals surface area (Å²) < 4.78 is 0. The SMILES string of the molecule is CC(C(=O)O)N(C)CC(=O)NC1CCCC1.Cl. The molecule has 0 heterocycles. The van der Waals surface area contributed by atoms with E-state index in [9.17, 15) is 9.59 Å². The van der Waals surface area contributed by atoms with Crippen LogP contribution in [0.2, 0.25) is 0 Å². The standard InChI is InChI=1S/C11H20N2O3.ClH/c1-8(11(15)16)13(2)7-10(14)12-9-5-3-4-6-9;/h8-9H,3-7H2,1-2H3,(H,12,14)(H,15,16);1H. The van der Waals surface area contributed by atoms with E-state index in [1.807, 2.05) is 0 Å². The van der Waals surface area contributed by atoms with Gasteiger partial charge in [-0.2, -0.15) is 0 Å². The lowest BCUT2D eigenvalue weighted by Gasteiger charge is -2.21. The number of amides is 1. The zero-order valence-electron chi connectivity index (χ0n) is 10.3. The number of carbonyl (C=O) groups is 2. The third kappa shape index (κ3) is 5.37. The predicted octanol–water partition coefficient (Wildman–Crippen LogP) is 0.872. The van der Waals surface area contributed by atoms with Gasteiger partial charge in [-0.05, 0) is 26.8 Å². The van der Waals surface area contributed by atoms with Crippen LogP contribution in [0.1, 0.15) is 32.6 Å². The average Bonchev–Trinajstić information content (AvgIpc) is 2.68. The minimum atomic E-state index is -0.906. The van der Waals surface area contributed by atoms with Crippen molar-refractivity contribution in [3.63, 3.8) is 0 Å². The largest absolute Gasteiger partial charge is 0.480 e. The fraction of sp³-hybridized carbons (Fsp3) is 0.818. The van der Waals surface area contributed by atoms with Gasteiger partial charge in [0.2, 0.25) is 5.91 Å². The Kier molecular flexibility index (Phi) is 7.15. The molecule has 1 saturated carbocycles. The highest BCUT2D eigenvalue weighted by atomic mass is 35.5. The molecule has 2 N–H and O–H groups in total. The molecule has 0 aromatic heterocycles. The van der Waals surface area contributed by atoms with E-state index < -0.39 is 12.0 Å². The summed E-state index contributed by atoms with van der Waals surface area (Å²) in [5.41, 5.74) is 0. The summed E-state index contributed by atoms with van der Waals surface area (Å²) in [7, 11) is 1.65. The highest BCUT2D eigenvalue weighted by Crippen LogP contribution is 2.17. The number of carboxylic acids is 1. The lowest BCUT2D eigenvalue weighted by Crippen LogP contribution is -2.44. The van der Waals surface area contributed by atoms with Crippen molar-refractivity contribution >= 4 is 24.3 Å². The molecule has 0 spiro atoms. The summed E-state index contributed by atoms with van der Waals surface area (Å²) >= 11 is 0. The summed E-state index contributed by atoms with van der Waals surface area (Å²) in [6, 6.07) is -0.338. The maximum atomic E-state index is 11.6. The second-order valence-electron chi connectivity index (χ2n) is 4.48. The Morgan fingerprint density at radius 1 is 1.41 bits per heavy atom. The second-order valence-corrected chi connectivity index (χ2v) is 4.48. The molecule has 5 nitrogen and oxygen atoms in total. The number of hydrogen-bond acceptors (Lipinski definition) is 3. The van der Waals surface area contributed by atoms with Crippen molar-refractivity contribution in [3.05, 3.63) is 0 Å². The van der Waals surface area contributed by atoms with Crippen LogP contribution < -0.4 is 5.32 Å². The van der Waals surface area contributed by atoms with Crippen LogP contribution in [0.5, 0.6) is 0 Å². The van der Waals surface area contributed by atoms with E-state index >= 15 is 0 Å². The van der Waals surface area contributed by atoms with Gasteiger partial charge >= 0.3 is 5.97 Å². The van der Waals surface area contributed by atoms with Crippen LogP contribution in [0.25, 0.3) is 0 Å². The molecule has 100 valence electrons. The average molecular weight is 265 g/mol. The number of carbonyl (C=O) groups excluding carboxylic acids is 1. The first-order valence-electron chi connectivity index (χ1n) is 5.73. The molecule has 0 saturated heterocycles. The summed E-state index contributed by atoms with van der Waals surface area (Å²) in [6.07, 6.45) is 4.44. The maximum absolute atomic E-state index is 11.6. The maximum Gasteiger partial charge on any atom is 0.320 e. The van der Waals surface area contributed by atoms with Gasteiger partial charge in [-0.25, -0.2) is 0 Å². The van der Waals surface area contributed by atoms with Crippen molar-refractivity contribution in [2.24, 2.45) is 0 Å². The molecule has 1 atom stereocenters. The van der Waals surface area contributed by atoms with E-state index in [4.69, 9.17) is 5.11 Å². The van der Waals surface area contributed by atoms with Gasteiger partial charge in [-0.3, -0.25) is 14.5 Å². The van der Waals surface area contributed by atoms with E-state index in [0.717, 1.165) is 12.8 Å². The number of halogens is 1. The molecule has 1 amide bonds. The van der Waals surface area contributed by atoms with Gasteiger partial charge in [0.1, 0.15) is 6.04 Å². The first kappa shape index (κ1) is 16.2. The fourth-order valence-electron chi connectivity index (χ4n) is 1.90. The van der Waals surface area contributed by atoms with Crippen LogP contribution in [0.15, 0.2) is 0 Å². The Labute approximate surface area is 108 Å². The van der Waals surface area contributed by atoms with E-state index in [2.05, 4.69) is 5.32 Å². The summed E-state index contributed by atoms with van der Waals surface area (Å²) in [6.45, 7) is 1.72. The van der Waals surface area contributed by atoms with Crippen molar-refractivity contribution < 1.29 is 14.7 Å². The number of nitrogens with zero attached hydrogens (tertiary/aromatic N) is 1. The van der Waals surface area contributed by atoms with Crippen molar-refractivity contribution in [2.75, 3.05) is 13.6 Å². The van der Waals surface area contributed by atoms with Crippen LogP contribution >= 0.6 is 12.4 Å². The van der Waals surface area contributed by atoms with Gasteiger partial charge < -0.3 is 10.4 Å². The number of likely N-dealkylation sites (N-methyl/N-ethyl adjacent to an activating group) is 1. The summed E-state index contributed by atoms with van der Waals surface area (Å²) in [5, 5.41) is 11.7. The van der Waals surface area contributed by atoms with Crippen LogP contribution in [-0.4, -0.2) is 47.6 Å². The van der Waals surface area contributed by atoms with Gasteiger partial charge in [0, 0.05) is 6.04 Å². The van der Waals surface area contributed by atoms with Gasteiger partial charge in [0.25, 0.3) is 0 Å². The lowest BCUT2D eigenvalue weighted by atomic mass is 10.2. The highest BCUT2D eigenvalue weighted by Gasteiger charge is 2.21. The molecule has 0 aliphatic heterocycles. The van der Waals surface area contributed by atoms with E-state index in [0.29, 0.717) is 6.04 Å². The zero-order chi connectivity index (χ0) is 12.1. The van der Waals surface area contributed by atoms with Crippen LogP contribution in [-0.2, 0) is 9.59 Å². The highest BCUT2D eigenvalue weighted by molar-refractivity contribution is 5.85. The third-order valence-corrected chi connectivity index (χ3v) is 3.13. The normalized spacial score (nSPS) is 17.6. The van der Waals surface area contributed by atoms with Crippen molar-refractivity contribution in [3.8, 4) is 0 Å². The Morgan fingerprint density at radius 2 is 1.94 bits per heavy atom. The number of rotatable bonds is 5. The first-order valence-corrected chi connectivity index (χ1v) is 5.73. The molecule has 6 heteroatoms. The van der Waals surface area contributed by atoms with E-state index in [1.165, 1.54) is 17.7 Å². The molecule has 1 rings (SSSR count). The summed E-state index contributed by atoms with van der Waals surface area (Å²) in [4.78, 5) is 23.8. The van der Waals surface area contributed by atoms with Crippen LogP contribution in [0.3, 0.4) is 0 Å². The van der Waals surface area contributed by atoms with Gasteiger partial charge in [-0.15, -0.1) is 12.4 Å². The molecule has 1 aliphatic rings. The molecule has 1 unspecified atom stereocenters. The molecule has 0 aromatic carbocycles. The fourth-order valence-corrected chi connectivity index (χ4v) is 1.90. The van der Waals surface area contributed by atoms with Crippen molar-refractivity contribution in [1.29, 1.82) is 0 Å². The minimum absolute atomic E-state index is 0. The van der Waals surface area contributed by atoms with Crippen molar-refractivity contribution in [1.82, 2.24) is 10.2 Å². The zero-order valence-corrected chi connectivity index (χ0v) is 11.1. The van der Waals surface area contributed by atoms with Crippen LogP contribution in [0.4, 0.5) is 0 Å². The number of hydrogen-bond donors (Lipinski definition) is 2. The van der Waals surface area contributed by atoms with E-state index in [1.54, 1.807) is 14.0 Å². The predicted molar refractivity (Wildman–Crippen MR) is 67.4 cm³/mol. The Balaban J connectivity index is 0.00000256. The molecule has 1 aliphatic carbocycles. The monoisotopic (exact) mass is 264 g/mol. The molecule has 17 heavy (non-hydrogen) atoms. The number of nitrogens with one attached hydrogen (secondary N) is 1. The second kappa shape index (κ2) is 7.50. The quantitative estimate of drug-likeness (QED) is 0.773. The lowest BCUT2D eigenvalue weighted by molar-refractivity contribution is -0.142. The van der Waals surface area contributed by atoms with E-state index in [-0.39, 0.29) is 24.9 Å². The Morgan fingerprint density at radius 3 is 2.41 bits per heavy atom.